The quantitative estimate of drug-likeness (QED) is 0.0243. The number of aliphatic hydroxyl groups excluding tert-OH is 1. The summed E-state index contributed by atoms with van der Waals surface area (Å²) in [6.07, 6.45) is 78.2. The average molecular weight is 1090 g/mol. The van der Waals surface area contributed by atoms with Gasteiger partial charge in [-0.15, -0.1) is 0 Å². The van der Waals surface area contributed by atoms with Crippen molar-refractivity contribution in [3.63, 3.8) is 0 Å². The van der Waals surface area contributed by atoms with Crippen molar-refractivity contribution in [1.29, 1.82) is 0 Å². The monoisotopic (exact) mass is 1090 g/mol. The molecule has 0 heterocycles. The van der Waals surface area contributed by atoms with E-state index in [-0.39, 0.29) is 19.1 Å². The lowest BCUT2D eigenvalue weighted by atomic mass is 10.0. The predicted octanol–water partition coefficient (Wildman–Crippen LogP) is 20.7. The summed E-state index contributed by atoms with van der Waals surface area (Å²) >= 11 is 0. The molecule has 1 amide bonds. The van der Waals surface area contributed by atoms with Gasteiger partial charge in [0, 0.05) is 6.42 Å². The van der Waals surface area contributed by atoms with Crippen LogP contribution in [-0.4, -0.2) is 73.4 Å². The number of allylic oxidation sites excluding steroid dienone is 7. The molecule has 0 saturated carbocycles. The molecule has 3 N–H and O–H groups in total. The maximum absolute atomic E-state index is 13.0. The first-order valence-corrected chi connectivity index (χ1v) is 34.5. The third-order valence-electron chi connectivity index (χ3n) is 15.0. The number of carbonyl (C=O) groups excluding carboxylic acids is 1. The van der Waals surface area contributed by atoms with Crippen molar-refractivity contribution in [2.75, 3.05) is 40.9 Å². The molecule has 0 aromatic heterocycles. The maximum Gasteiger partial charge on any atom is 0.472 e. The number of nitrogens with one attached hydrogen (secondary N) is 1. The predicted molar refractivity (Wildman–Crippen MR) is 332 cm³/mol. The molecule has 0 aliphatic heterocycles. The van der Waals surface area contributed by atoms with Gasteiger partial charge in [0.1, 0.15) is 13.2 Å². The molecule has 0 radical (unpaired) electrons. The largest absolute Gasteiger partial charge is 0.472 e. The molecule has 8 nitrogen and oxygen atoms in total. The van der Waals surface area contributed by atoms with Gasteiger partial charge in [-0.2, -0.15) is 0 Å². The molecule has 0 aliphatic rings. The molecule has 0 fully saturated rings. The van der Waals surface area contributed by atoms with Crippen molar-refractivity contribution in [3.8, 4) is 0 Å². The van der Waals surface area contributed by atoms with Crippen LogP contribution in [0.1, 0.15) is 322 Å². The van der Waals surface area contributed by atoms with Crippen molar-refractivity contribution in [2.24, 2.45) is 0 Å². The number of nitrogens with zero attached hydrogens (tertiary/aromatic N) is 1. The molecule has 3 atom stereocenters. The van der Waals surface area contributed by atoms with Crippen molar-refractivity contribution in [3.05, 3.63) is 48.6 Å². The number of unbranched alkanes of at least 4 members (excludes halogenated alkanes) is 42. The zero-order valence-corrected chi connectivity index (χ0v) is 52.2. The van der Waals surface area contributed by atoms with Crippen molar-refractivity contribution in [1.82, 2.24) is 5.32 Å². The molecular weight excluding hydrogens is 960 g/mol. The average Bonchev–Trinajstić information content (AvgIpc) is 3.38. The Morgan fingerprint density at radius 2 is 0.750 bits per heavy atom. The van der Waals surface area contributed by atoms with E-state index in [1.54, 1.807) is 6.08 Å². The molecule has 0 saturated heterocycles. The Morgan fingerprint density at radius 3 is 1.09 bits per heavy atom. The minimum Gasteiger partial charge on any atom is -0.387 e. The van der Waals surface area contributed by atoms with Crippen LogP contribution < -0.4 is 5.32 Å². The number of amides is 1. The summed E-state index contributed by atoms with van der Waals surface area (Å²) in [7, 11) is 1.58. The van der Waals surface area contributed by atoms with E-state index in [1.807, 2.05) is 27.2 Å². The first-order chi connectivity index (χ1) is 37.0. The molecule has 448 valence electrons. The molecular formula is C67H130N2O6P+. The van der Waals surface area contributed by atoms with Crippen LogP contribution in [0, 0.1) is 0 Å². The Morgan fingerprint density at radius 1 is 0.447 bits per heavy atom. The topological polar surface area (TPSA) is 105 Å². The van der Waals surface area contributed by atoms with Gasteiger partial charge in [0.15, 0.2) is 0 Å². The third-order valence-corrected chi connectivity index (χ3v) is 16.0. The molecule has 0 spiro atoms. The number of hydrogen-bond donors (Lipinski definition) is 3. The van der Waals surface area contributed by atoms with Gasteiger partial charge in [-0.3, -0.25) is 13.8 Å². The van der Waals surface area contributed by atoms with E-state index in [0.29, 0.717) is 17.4 Å². The van der Waals surface area contributed by atoms with Crippen molar-refractivity contribution in [2.45, 2.75) is 334 Å². The standard InChI is InChI=1S/C67H129N2O6P/c1-6-8-10-12-14-16-18-20-22-23-24-25-26-27-28-29-30-31-32-33-34-35-36-37-38-39-40-41-42-43-44-45-47-49-51-53-55-57-59-61-67(71)68-65(64-75-76(72,73)74-63-62-69(3,4)5)66(70)60-58-56-54-52-50-48-46-21-19-17-15-13-11-9-7-2/h18,20,23-24,26-27,58,60,65-66,70H,6-17,19,21-22,25,28-57,59,61-64H2,1-5H3,(H-,68,71,72,73)/p+1/b20-18-,24-23-,27-26-,60-58+. The number of hydrogen-bond acceptors (Lipinski definition) is 5. The van der Waals surface area contributed by atoms with E-state index >= 15 is 0 Å². The Balaban J connectivity index is 3.90. The lowest BCUT2D eigenvalue weighted by molar-refractivity contribution is -0.870. The summed E-state index contributed by atoms with van der Waals surface area (Å²) in [4.78, 5) is 23.3. The highest BCUT2D eigenvalue weighted by Crippen LogP contribution is 2.43. The number of carbonyl (C=O) groups is 1. The number of aliphatic hydroxyl groups is 1. The number of likely N-dealkylation sites (N-methyl/N-ethyl adjacent to an activating group) is 1. The molecule has 0 aromatic carbocycles. The van der Waals surface area contributed by atoms with Crippen molar-refractivity contribution < 1.29 is 32.9 Å². The Bertz CT molecular complexity index is 1380. The molecule has 0 bridgehead atoms. The van der Waals surface area contributed by atoms with Gasteiger partial charge in [0.2, 0.25) is 5.91 Å². The van der Waals surface area contributed by atoms with Gasteiger partial charge in [0.05, 0.1) is 39.9 Å². The first kappa shape index (κ1) is 74.5. The van der Waals surface area contributed by atoms with Crippen LogP contribution in [0.25, 0.3) is 0 Å². The lowest BCUT2D eigenvalue weighted by Crippen LogP contribution is -2.45. The molecule has 0 aliphatic carbocycles. The van der Waals surface area contributed by atoms with Gasteiger partial charge in [-0.05, 0) is 57.8 Å². The summed E-state index contributed by atoms with van der Waals surface area (Å²) in [5.74, 6) is -0.172. The van der Waals surface area contributed by atoms with E-state index in [9.17, 15) is 19.4 Å². The number of phosphoric ester groups is 1. The summed E-state index contributed by atoms with van der Waals surface area (Å²) in [5.41, 5.74) is 0. The SMILES string of the molecule is CCCCCCC/C=C\C/C=C\C/C=C\CCCCCCCCCCCCCCCCCCCCCCCCCCC(=O)NC(COP(=O)(O)OCC[N+](C)(C)C)C(O)/C=C/CCCCCCCCCCCCCCC. The van der Waals surface area contributed by atoms with E-state index in [1.165, 1.54) is 250 Å². The normalized spacial score (nSPS) is 14.0. The lowest BCUT2D eigenvalue weighted by Gasteiger charge is -2.25. The Labute approximate surface area is 473 Å². The smallest absolute Gasteiger partial charge is 0.387 e. The first-order valence-electron chi connectivity index (χ1n) is 33.0. The second kappa shape index (κ2) is 58.1. The maximum atomic E-state index is 13.0. The van der Waals surface area contributed by atoms with Crippen LogP contribution in [0.4, 0.5) is 0 Å². The molecule has 76 heavy (non-hydrogen) atoms. The second-order valence-electron chi connectivity index (χ2n) is 23.8. The summed E-state index contributed by atoms with van der Waals surface area (Å²) in [6, 6.07) is -0.845. The summed E-state index contributed by atoms with van der Waals surface area (Å²) in [6.45, 7) is 4.83. The number of rotatable bonds is 61. The van der Waals surface area contributed by atoms with Gasteiger partial charge < -0.3 is 19.8 Å². The Kier molecular flexibility index (Phi) is 56.9. The van der Waals surface area contributed by atoms with Crippen LogP contribution in [0.2, 0.25) is 0 Å². The zero-order valence-electron chi connectivity index (χ0n) is 51.3. The molecule has 3 unspecified atom stereocenters. The van der Waals surface area contributed by atoms with Gasteiger partial charge >= 0.3 is 7.82 Å². The Hall–Kier alpha value is -1.54. The van der Waals surface area contributed by atoms with Gasteiger partial charge in [-0.25, -0.2) is 4.57 Å². The second-order valence-corrected chi connectivity index (χ2v) is 25.3. The molecule has 0 rings (SSSR count). The minimum absolute atomic E-state index is 0.0631. The third kappa shape index (κ3) is 60.1. The fourth-order valence-electron chi connectivity index (χ4n) is 9.88. The van der Waals surface area contributed by atoms with Crippen LogP contribution in [0.15, 0.2) is 48.6 Å². The zero-order chi connectivity index (χ0) is 55.6. The molecule has 0 aromatic rings. The summed E-state index contributed by atoms with van der Waals surface area (Å²) < 4.78 is 23.7. The van der Waals surface area contributed by atoms with Gasteiger partial charge in [-0.1, -0.05) is 306 Å². The van der Waals surface area contributed by atoms with E-state index in [4.69, 9.17) is 9.05 Å². The highest BCUT2D eigenvalue weighted by Gasteiger charge is 2.28. The van der Waals surface area contributed by atoms with Crippen LogP contribution in [0.5, 0.6) is 0 Å². The van der Waals surface area contributed by atoms with Gasteiger partial charge in [0.25, 0.3) is 0 Å². The van der Waals surface area contributed by atoms with Crippen LogP contribution >= 0.6 is 7.82 Å². The van der Waals surface area contributed by atoms with Crippen LogP contribution in [-0.2, 0) is 18.4 Å². The van der Waals surface area contributed by atoms with Crippen molar-refractivity contribution >= 4 is 13.7 Å². The highest BCUT2D eigenvalue weighted by atomic mass is 31.2. The minimum atomic E-state index is -4.35. The van der Waals surface area contributed by atoms with E-state index in [0.717, 1.165) is 51.4 Å². The van der Waals surface area contributed by atoms with E-state index < -0.39 is 20.0 Å². The fraction of sp³-hybridized carbons (Fsp3) is 0.866. The number of quaternary nitrogens is 1. The van der Waals surface area contributed by atoms with Crippen LogP contribution in [0.3, 0.4) is 0 Å². The highest BCUT2D eigenvalue weighted by molar-refractivity contribution is 7.47. The number of phosphoric acid groups is 1. The fourth-order valence-corrected chi connectivity index (χ4v) is 10.6. The summed E-state index contributed by atoms with van der Waals surface area (Å²) in [5, 5.41) is 13.9. The van der Waals surface area contributed by atoms with E-state index in [2.05, 4.69) is 55.6 Å². The molecule has 9 heteroatoms.